The lowest BCUT2D eigenvalue weighted by molar-refractivity contribution is 0.0375. The van der Waals surface area contributed by atoms with Crippen molar-refractivity contribution >= 4 is 78.5 Å². The Labute approximate surface area is 227 Å². The summed E-state index contributed by atoms with van der Waals surface area (Å²) in [6.45, 7) is 9.13. The van der Waals surface area contributed by atoms with Crippen LogP contribution in [0.5, 0.6) is 0 Å². The van der Waals surface area contributed by atoms with Gasteiger partial charge in [0.05, 0.1) is 22.2 Å². The van der Waals surface area contributed by atoms with E-state index in [2.05, 4.69) is 105 Å². The molecule has 190 valence electrons. The number of fused-ring (bicyclic) bond motifs is 12. The molecule has 3 nitrogen and oxygen atoms in total. The first-order valence-electron chi connectivity index (χ1n) is 14.3. The molecule has 0 spiro atoms. The molecule has 0 saturated carbocycles. The zero-order chi connectivity index (χ0) is 26.3. The second-order valence-corrected chi connectivity index (χ2v) is 12.9. The molecule has 9 rings (SSSR count). The Morgan fingerprint density at radius 3 is 2.49 bits per heavy atom. The lowest BCUT2D eigenvalue weighted by atomic mass is 9.54. The van der Waals surface area contributed by atoms with Gasteiger partial charge in [-0.3, -0.25) is 0 Å². The van der Waals surface area contributed by atoms with Crippen molar-refractivity contribution in [1.82, 2.24) is 4.40 Å². The van der Waals surface area contributed by atoms with E-state index in [1.807, 2.05) is 0 Å². The highest BCUT2D eigenvalue weighted by Crippen LogP contribution is 2.46. The summed E-state index contributed by atoms with van der Waals surface area (Å²) >= 11 is 0. The molecule has 7 aromatic rings. The third-order valence-corrected chi connectivity index (χ3v) is 10.2. The van der Waals surface area contributed by atoms with Gasteiger partial charge in [0.2, 0.25) is 0 Å². The molecular weight excluding hydrogens is 477 g/mol. The van der Waals surface area contributed by atoms with Crippen molar-refractivity contribution in [3.05, 3.63) is 77.5 Å². The molecule has 1 aliphatic heterocycles. The summed E-state index contributed by atoms with van der Waals surface area (Å²) in [5.74, 6) is 0. The molecule has 4 heteroatoms. The summed E-state index contributed by atoms with van der Waals surface area (Å²) in [7, 11) is 0. The zero-order valence-corrected chi connectivity index (χ0v) is 22.9. The smallest absolute Gasteiger partial charge is 0.328 e. The van der Waals surface area contributed by atoms with Crippen molar-refractivity contribution in [2.45, 2.75) is 52.5 Å². The second kappa shape index (κ2) is 7.05. The number of rotatable bonds is 1. The fourth-order valence-corrected chi connectivity index (χ4v) is 7.53. The Hall–Kier alpha value is -3.76. The van der Waals surface area contributed by atoms with Crippen molar-refractivity contribution in [2.75, 3.05) is 0 Å². The van der Waals surface area contributed by atoms with E-state index in [1.54, 1.807) is 0 Å². The summed E-state index contributed by atoms with van der Waals surface area (Å²) in [6, 6.07) is 24.6. The average Bonchev–Trinajstić information content (AvgIpc) is 3.63. The maximum Gasteiger partial charge on any atom is 0.328 e. The van der Waals surface area contributed by atoms with Gasteiger partial charge in [0.15, 0.2) is 0 Å². The van der Waals surface area contributed by atoms with Crippen LogP contribution in [0, 0.1) is 5.41 Å². The molecule has 2 aliphatic rings. The maximum atomic E-state index is 6.81. The highest BCUT2D eigenvalue weighted by Gasteiger charge is 2.49. The predicted octanol–water partition coefficient (Wildman–Crippen LogP) is 7.78. The summed E-state index contributed by atoms with van der Waals surface area (Å²) in [5, 5.41) is 8.95. The van der Waals surface area contributed by atoms with E-state index in [0.29, 0.717) is 0 Å². The number of para-hydroxylation sites is 1. The monoisotopic (exact) mass is 507 g/mol. The van der Waals surface area contributed by atoms with Gasteiger partial charge in [0.25, 0.3) is 0 Å². The zero-order valence-electron chi connectivity index (χ0n) is 22.9. The number of aromatic nitrogens is 1. The third-order valence-electron chi connectivity index (χ3n) is 10.2. The highest BCUT2D eigenvalue weighted by atomic mass is 16.5. The van der Waals surface area contributed by atoms with Crippen LogP contribution in [0.15, 0.2) is 71.1 Å². The van der Waals surface area contributed by atoms with E-state index >= 15 is 0 Å². The number of nitrogens with zero attached hydrogens (tertiary/aromatic N) is 1. The Kier molecular flexibility index (Phi) is 4.00. The van der Waals surface area contributed by atoms with E-state index in [1.165, 1.54) is 65.1 Å². The van der Waals surface area contributed by atoms with Crippen LogP contribution in [0.1, 0.15) is 39.7 Å². The molecule has 1 aliphatic carbocycles. The first-order valence-corrected chi connectivity index (χ1v) is 14.3. The Morgan fingerprint density at radius 2 is 1.64 bits per heavy atom. The van der Waals surface area contributed by atoms with E-state index < -0.39 is 0 Å². The largest absolute Gasteiger partial charge is 0.455 e. The fourth-order valence-electron chi connectivity index (χ4n) is 7.53. The summed E-state index contributed by atoms with van der Waals surface area (Å²) < 4.78 is 15.9. The van der Waals surface area contributed by atoms with Crippen molar-refractivity contribution in [3.8, 4) is 0 Å². The molecule has 3 aromatic heterocycles. The molecule has 0 atom stereocenters. The summed E-state index contributed by atoms with van der Waals surface area (Å²) in [6.07, 6.45) is 5.56. The van der Waals surface area contributed by atoms with Crippen LogP contribution in [0.3, 0.4) is 0 Å². The molecular formula is C35H30BNO2. The lowest BCUT2D eigenvalue weighted by Crippen LogP contribution is -2.36. The van der Waals surface area contributed by atoms with E-state index in [4.69, 9.17) is 9.07 Å². The van der Waals surface area contributed by atoms with Crippen molar-refractivity contribution in [1.29, 1.82) is 0 Å². The first-order chi connectivity index (χ1) is 18.8. The van der Waals surface area contributed by atoms with E-state index in [-0.39, 0.29) is 17.9 Å². The van der Waals surface area contributed by atoms with Gasteiger partial charge in [-0.15, -0.1) is 0 Å². The van der Waals surface area contributed by atoms with E-state index in [9.17, 15) is 0 Å². The molecule has 4 heterocycles. The molecule has 0 N–H and O–H groups in total. The van der Waals surface area contributed by atoms with Crippen molar-refractivity contribution in [3.63, 3.8) is 0 Å². The Bertz CT molecular complexity index is 2230. The van der Waals surface area contributed by atoms with Crippen LogP contribution in [0.2, 0.25) is 6.32 Å². The van der Waals surface area contributed by atoms with Crippen LogP contribution >= 0.6 is 0 Å². The fraction of sp³-hybridized carbons (Fsp3) is 0.257. The molecule has 0 radical (unpaired) electrons. The second-order valence-electron chi connectivity index (χ2n) is 12.9. The van der Waals surface area contributed by atoms with Crippen LogP contribution < -0.4 is 10.7 Å². The van der Waals surface area contributed by atoms with Gasteiger partial charge in [-0.05, 0) is 79.1 Å². The van der Waals surface area contributed by atoms with Crippen LogP contribution in [-0.4, -0.2) is 16.9 Å². The van der Waals surface area contributed by atoms with Gasteiger partial charge in [-0.25, -0.2) is 0 Å². The predicted molar refractivity (Wildman–Crippen MR) is 164 cm³/mol. The SMILES string of the molecule is CC1(C)CB(c2ccc3c(c2)oc2c3ccc3ccc4c(c5c6c(c7ccccc7n64)=CCC5)c32)OC1(C)C. The van der Waals surface area contributed by atoms with Gasteiger partial charge in [-0.2, -0.15) is 0 Å². The first kappa shape index (κ1) is 22.1. The number of hydrogen-bond donors (Lipinski definition) is 0. The summed E-state index contributed by atoms with van der Waals surface area (Å²) in [4.78, 5) is 0. The van der Waals surface area contributed by atoms with E-state index in [0.717, 1.165) is 30.3 Å². The Balaban J connectivity index is 1.35. The average molecular weight is 507 g/mol. The van der Waals surface area contributed by atoms with Crippen LogP contribution in [0.25, 0.3) is 66.1 Å². The van der Waals surface area contributed by atoms with Crippen LogP contribution in [0.4, 0.5) is 0 Å². The molecule has 1 saturated heterocycles. The quantitative estimate of drug-likeness (QED) is 0.212. The van der Waals surface area contributed by atoms with Gasteiger partial charge in [0, 0.05) is 32.1 Å². The molecule has 0 amide bonds. The Morgan fingerprint density at radius 1 is 0.821 bits per heavy atom. The van der Waals surface area contributed by atoms with Gasteiger partial charge < -0.3 is 13.5 Å². The number of aryl methyl sites for hydroxylation is 1. The van der Waals surface area contributed by atoms with Gasteiger partial charge in [-0.1, -0.05) is 62.4 Å². The van der Waals surface area contributed by atoms with Crippen LogP contribution in [-0.2, 0) is 11.1 Å². The summed E-state index contributed by atoms with van der Waals surface area (Å²) in [5.41, 5.74) is 8.52. The van der Waals surface area contributed by atoms with Gasteiger partial charge in [0.1, 0.15) is 11.2 Å². The van der Waals surface area contributed by atoms with Crippen molar-refractivity contribution in [2.24, 2.45) is 5.41 Å². The molecule has 1 fully saturated rings. The topological polar surface area (TPSA) is 26.8 Å². The minimum atomic E-state index is -0.161. The van der Waals surface area contributed by atoms with Crippen molar-refractivity contribution < 1.29 is 9.07 Å². The molecule has 4 aromatic carbocycles. The molecule has 0 bridgehead atoms. The third kappa shape index (κ3) is 2.68. The highest BCUT2D eigenvalue weighted by molar-refractivity contribution is 6.68. The van der Waals surface area contributed by atoms with Gasteiger partial charge >= 0.3 is 6.92 Å². The number of hydrogen-bond acceptors (Lipinski definition) is 2. The standard InChI is InChI=1S/C35H30BNO2/c1-34(2)19-36(39-35(34,3)4)21-14-16-23-25-15-12-20-13-17-28-31(30(20)33(25)38-29(23)18-21)26-10-7-9-24-22-8-5-6-11-27(22)37(28)32(24)26/h5-6,8-9,11-18H,7,10,19H2,1-4H3. The number of furan rings is 1. The maximum absolute atomic E-state index is 6.81. The minimum absolute atomic E-state index is 0.0836. The molecule has 39 heavy (non-hydrogen) atoms. The normalized spacial score (nSPS) is 18.4. The lowest BCUT2D eigenvalue weighted by Gasteiger charge is -2.34. The minimum Gasteiger partial charge on any atom is -0.455 e. The molecule has 0 unspecified atom stereocenters. The number of benzene rings is 4.